The van der Waals surface area contributed by atoms with Gasteiger partial charge in [-0.25, -0.2) is 0 Å². The fraction of sp³-hybridized carbons (Fsp3) is 0.600. The lowest BCUT2D eigenvalue weighted by molar-refractivity contribution is -0.132. The number of amides is 2. The number of likely N-dealkylation sites (tertiary alicyclic amines) is 1. The third kappa shape index (κ3) is 3.13. The molecule has 0 aromatic carbocycles. The van der Waals surface area contributed by atoms with Crippen LogP contribution in [0.5, 0.6) is 0 Å². The van der Waals surface area contributed by atoms with Gasteiger partial charge in [-0.3, -0.25) is 9.59 Å². The Morgan fingerprint density at radius 2 is 2.18 bits per heavy atom. The van der Waals surface area contributed by atoms with Crippen molar-refractivity contribution in [2.45, 2.75) is 31.8 Å². The Balaban J connectivity index is 0.00000176. The van der Waals surface area contributed by atoms with E-state index in [2.05, 4.69) is 5.32 Å². The third-order valence-electron chi connectivity index (χ3n) is 4.69. The Morgan fingerprint density at radius 1 is 1.41 bits per heavy atom. The highest BCUT2D eigenvalue weighted by atomic mass is 35.5. The minimum atomic E-state index is -0.558. The average molecular weight is 328 g/mol. The molecular weight excluding hydrogens is 306 g/mol. The summed E-state index contributed by atoms with van der Waals surface area (Å²) < 4.78 is 5.02. The number of rotatable bonds is 3. The van der Waals surface area contributed by atoms with Crippen molar-refractivity contribution in [3.8, 4) is 0 Å². The Bertz CT molecular complexity index is 534. The van der Waals surface area contributed by atoms with Crippen LogP contribution in [0.1, 0.15) is 30.3 Å². The zero-order valence-electron chi connectivity index (χ0n) is 12.5. The predicted octanol–water partition coefficient (Wildman–Crippen LogP) is 1.02. The molecular formula is C15H22ClN3O3. The van der Waals surface area contributed by atoms with Crippen molar-refractivity contribution in [3.05, 3.63) is 24.2 Å². The number of halogens is 1. The maximum absolute atomic E-state index is 12.4. The van der Waals surface area contributed by atoms with Gasteiger partial charge in [0.05, 0.1) is 6.26 Å². The second-order valence-corrected chi connectivity index (χ2v) is 6.08. The molecule has 0 bridgehead atoms. The fourth-order valence-corrected chi connectivity index (χ4v) is 3.50. The van der Waals surface area contributed by atoms with E-state index in [9.17, 15) is 9.59 Å². The summed E-state index contributed by atoms with van der Waals surface area (Å²) in [6.45, 7) is 3.18. The summed E-state index contributed by atoms with van der Waals surface area (Å²) in [6.07, 6.45) is 3.59. The van der Waals surface area contributed by atoms with Gasteiger partial charge in [-0.15, -0.1) is 12.4 Å². The van der Waals surface area contributed by atoms with Crippen molar-refractivity contribution < 1.29 is 14.0 Å². The summed E-state index contributed by atoms with van der Waals surface area (Å²) in [7, 11) is 0. The second-order valence-electron chi connectivity index (χ2n) is 6.08. The first-order valence-electron chi connectivity index (χ1n) is 7.45. The van der Waals surface area contributed by atoms with E-state index in [-0.39, 0.29) is 36.0 Å². The Kier molecular flexibility index (Phi) is 5.13. The smallest absolute Gasteiger partial charge is 0.287 e. The first-order chi connectivity index (χ1) is 10.1. The van der Waals surface area contributed by atoms with Gasteiger partial charge < -0.3 is 20.4 Å². The predicted molar refractivity (Wildman–Crippen MR) is 83.7 cm³/mol. The molecule has 2 amide bonds. The maximum Gasteiger partial charge on any atom is 0.287 e. The van der Waals surface area contributed by atoms with Crippen molar-refractivity contribution in [2.24, 2.45) is 17.6 Å². The van der Waals surface area contributed by atoms with E-state index in [1.165, 1.54) is 6.26 Å². The molecule has 22 heavy (non-hydrogen) atoms. The van der Waals surface area contributed by atoms with E-state index < -0.39 is 6.04 Å². The number of fused-ring (bicyclic) bond motifs is 1. The molecule has 1 aliphatic carbocycles. The van der Waals surface area contributed by atoms with Gasteiger partial charge in [-0.1, -0.05) is 0 Å². The highest BCUT2D eigenvalue weighted by Crippen LogP contribution is 2.37. The van der Waals surface area contributed by atoms with Gasteiger partial charge in [0.15, 0.2) is 5.76 Å². The molecule has 6 nitrogen and oxygen atoms in total. The minimum absolute atomic E-state index is 0. The monoisotopic (exact) mass is 327 g/mol. The molecule has 0 radical (unpaired) electrons. The molecule has 1 saturated heterocycles. The first kappa shape index (κ1) is 16.8. The van der Waals surface area contributed by atoms with Gasteiger partial charge in [0.1, 0.15) is 6.04 Å². The van der Waals surface area contributed by atoms with Crippen LogP contribution in [-0.4, -0.2) is 41.9 Å². The van der Waals surface area contributed by atoms with E-state index in [0.717, 1.165) is 19.4 Å². The highest BCUT2D eigenvalue weighted by molar-refractivity contribution is 5.95. The van der Waals surface area contributed by atoms with Crippen LogP contribution >= 0.6 is 12.4 Å². The summed E-state index contributed by atoms with van der Waals surface area (Å²) in [6, 6.07) is 2.87. The zero-order valence-corrected chi connectivity index (χ0v) is 13.3. The van der Waals surface area contributed by atoms with Gasteiger partial charge in [0.2, 0.25) is 5.91 Å². The lowest BCUT2D eigenvalue weighted by atomic mass is 9.98. The molecule has 1 saturated carbocycles. The molecule has 4 unspecified atom stereocenters. The van der Waals surface area contributed by atoms with E-state index in [0.29, 0.717) is 18.4 Å². The van der Waals surface area contributed by atoms with Crippen molar-refractivity contribution in [2.75, 3.05) is 13.1 Å². The van der Waals surface area contributed by atoms with Gasteiger partial charge >= 0.3 is 0 Å². The number of hydrogen-bond donors (Lipinski definition) is 2. The Morgan fingerprint density at radius 3 is 2.82 bits per heavy atom. The van der Waals surface area contributed by atoms with Crippen LogP contribution in [0, 0.1) is 11.8 Å². The third-order valence-corrected chi connectivity index (χ3v) is 4.69. The van der Waals surface area contributed by atoms with Crippen LogP contribution in [0.15, 0.2) is 22.8 Å². The van der Waals surface area contributed by atoms with Crippen LogP contribution in [0.25, 0.3) is 0 Å². The molecule has 2 aliphatic rings. The topological polar surface area (TPSA) is 88.6 Å². The van der Waals surface area contributed by atoms with Crippen LogP contribution < -0.4 is 11.1 Å². The molecule has 1 aliphatic heterocycles. The molecule has 2 heterocycles. The zero-order chi connectivity index (χ0) is 15.0. The Hall–Kier alpha value is -1.53. The minimum Gasteiger partial charge on any atom is -0.459 e. The van der Waals surface area contributed by atoms with E-state index in [1.807, 2.05) is 4.90 Å². The molecule has 2 fully saturated rings. The van der Waals surface area contributed by atoms with Crippen LogP contribution in [-0.2, 0) is 4.79 Å². The van der Waals surface area contributed by atoms with Crippen LogP contribution in [0.3, 0.4) is 0 Å². The SMILES string of the molecule is CC(NC(=O)c1ccco1)C(=O)N1CC2CCC(N)C2C1.Cl. The molecule has 0 spiro atoms. The largest absolute Gasteiger partial charge is 0.459 e. The van der Waals surface area contributed by atoms with E-state index in [4.69, 9.17) is 10.2 Å². The number of carbonyl (C=O) groups is 2. The van der Waals surface area contributed by atoms with Crippen molar-refractivity contribution in [1.29, 1.82) is 0 Å². The number of nitrogens with zero attached hydrogens (tertiary/aromatic N) is 1. The van der Waals surface area contributed by atoms with Crippen molar-refractivity contribution >= 4 is 24.2 Å². The number of nitrogens with one attached hydrogen (secondary N) is 1. The summed E-state index contributed by atoms with van der Waals surface area (Å²) in [5, 5.41) is 2.68. The quantitative estimate of drug-likeness (QED) is 0.867. The highest BCUT2D eigenvalue weighted by Gasteiger charge is 2.43. The number of hydrogen-bond acceptors (Lipinski definition) is 4. The Labute approximate surface area is 135 Å². The molecule has 3 rings (SSSR count). The van der Waals surface area contributed by atoms with Gasteiger partial charge in [0, 0.05) is 19.1 Å². The molecule has 7 heteroatoms. The van der Waals surface area contributed by atoms with E-state index >= 15 is 0 Å². The number of furan rings is 1. The maximum atomic E-state index is 12.4. The lowest BCUT2D eigenvalue weighted by Gasteiger charge is -2.23. The van der Waals surface area contributed by atoms with Crippen LogP contribution in [0.2, 0.25) is 0 Å². The van der Waals surface area contributed by atoms with Crippen LogP contribution in [0.4, 0.5) is 0 Å². The van der Waals surface area contributed by atoms with Gasteiger partial charge in [-0.05, 0) is 43.7 Å². The fourth-order valence-electron chi connectivity index (χ4n) is 3.50. The molecule has 3 N–H and O–H groups in total. The van der Waals surface area contributed by atoms with Crippen molar-refractivity contribution in [3.63, 3.8) is 0 Å². The molecule has 1 aromatic heterocycles. The first-order valence-corrected chi connectivity index (χ1v) is 7.45. The lowest BCUT2D eigenvalue weighted by Crippen LogP contribution is -2.46. The van der Waals surface area contributed by atoms with E-state index in [1.54, 1.807) is 19.1 Å². The normalized spacial score (nSPS) is 27.9. The number of carbonyl (C=O) groups excluding carboxylic acids is 2. The second kappa shape index (κ2) is 6.71. The summed E-state index contributed by atoms with van der Waals surface area (Å²) in [4.78, 5) is 26.2. The van der Waals surface area contributed by atoms with Gasteiger partial charge in [0.25, 0.3) is 5.91 Å². The molecule has 1 aromatic rings. The summed E-state index contributed by atoms with van der Waals surface area (Å²) >= 11 is 0. The average Bonchev–Trinajstić information content (AvgIpc) is 3.16. The van der Waals surface area contributed by atoms with Crippen molar-refractivity contribution in [1.82, 2.24) is 10.2 Å². The standard InChI is InChI=1S/C15H21N3O3.ClH/c1-9(17-14(19)13-3-2-6-21-13)15(20)18-7-10-4-5-12(16)11(10)8-18;/h2-3,6,9-12H,4-5,7-8,16H2,1H3,(H,17,19);1H. The summed E-state index contributed by atoms with van der Waals surface area (Å²) in [5.41, 5.74) is 6.08. The molecule has 4 atom stereocenters. The molecule has 122 valence electrons. The number of nitrogens with two attached hydrogens (primary N) is 1. The van der Waals surface area contributed by atoms with Gasteiger partial charge in [-0.2, -0.15) is 0 Å². The summed E-state index contributed by atoms with van der Waals surface area (Å²) in [5.74, 6) is 0.752.